The number of anilines is 1. The molecule has 0 aliphatic carbocycles. The zero-order valence-corrected chi connectivity index (χ0v) is 13.6. The van der Waals surface area contributed by atoms with Crippen molar-refractivity contribution in [1.29, 1.82) is 0 Å². The van der Waals surface area contributed by atoms with E-state index in [1.807, 2.05) is 30.0 Å². The van der Waals surface area contributed by atoms with Gasteiger partial charge in [0, 0.05) is 10.6 Å². The van der Waals surface area contributed by atoms with E-state index in [2.05, 4.69) is 14.9 Å². The van der Waals surface area contributed by atoms with Crippen LogP contribution in [0.25, 0.3) is 0 Å². The maximum absolute atomic E-state index is 12.5. The van der Waals surface area contributed by atoms with Gasteiger partial charge in [0.2, 0.25) is 0 Å². The van der Waals surface area contributed by atoms with Gasteiger partial charge < -0.3 is 0 Å². The number of nitrogens with one attached hydrogen (secondary N) is 2. The van der Waals surface area contributed by atoms with Gasteiger partial charge >= 0.3 is 0 Å². The van der Waals surface area contributed by atoms with Crippen LogP contribution in [-0.2, 0) is 16.4 Å². The molecule has 0 unspecified atom stereocenters. The number of nitrogens with zero attached hydrogens (tertiary/aromatic N) is 1. The van der Waals surface area contributed by atoms with Crippen LogP contribution in [0.4, 0.5) is 5.69 Å². The smallest absolute Gasteiger partial charge is 0.265 e. The monoisotopic (exact) mass is 323 g/mol. The van der Waals surface area contributed by atoms with Crippen LogP contribution in [0.2, 0.25) is 0 Å². The Morgan fingerprint density at radius 1 is 1.33 bits per heavy atom. The van der Waals surface area contributed by atoms with E-state index in [0.29, 0.717) is 17.1 Å². The molecule has 112 valence electrons. The Balaban J connectivity index is 1.93. The molecule has 2 heterocycles. The number of sulfonamides is 1. The van der Waals surface area contributed by atoms with Crippen LogP contribution in [0.5, 0.6) is 0 Å². The van der Waals surface area contributed by atoms with Crippen molar-refractivity contribution < 1.29 is 8.42 Å². The molecule has 2 aromatic rings. The summed E-state index contributed by atoms with van der Waals surface area (Å²) in [5.41, 5.74) is 2.85. The van der Waals surface area contributed by atoms with E-state index in [1.54, 1.807) is 13.8 Å². The molecule has 0 amide bonds. The third-order valence-electron chi connectivity index (χ3n) is 3.49. The van der Waals surface area contributed by atoms with Crippen molar-refractivity contribution >= 4 is 27.5 Å². The number of hydrogen-bond donors (Lipinski definition) is 2. The fourth-order valence-electron chi connectivity index (χ4n) is 2.57. The lowest BCUT2D eigenvalue weighted by atomic mass is 10.1. The van der Waals surface area contributed by atoms with Gasteiger partial charge in [0.25, 0.3) is 10.0 Å². The number of thioether (sulfide) groups is 1. The van der Waals surface area contributed by atoms with Crippen molar-refractivity contribution in [1.82, 2.24) is 10.2 Å². The fourth-order valence-corrected chi connectivity index (χ4v) is 5.01. The first-order valence-corrected chi connectivity index (χ1v) is 9.24. The number of aromatic nitrogens is 2. The van der Waals surface area contributed by atoms with Crippen molar-refractivity contribution in [3.05, 3.63) is 35.2 Å². The Hall–Kier alpha value is -1.47. The lowest BCUT2D eigenvalue weighted by Gasteiger charge is -2.16. The predicted octanol–water partition coefficient (Wildman–Crippen LogP) is 2.87. The van der Waals surface area contributed by atoms with Gasteiger partial charge in [0.1, 0.15) is 4.90 Å². The zero-order valence-electron chi connectivity index (χ0n) is 11.9. The number of hydrogen-bond acceptors (Lipinski definition) is 4. The first-order chi connectivity index (χ1) is 9.97. The van der Waals surface area contributed by atoms with E-state index in [9.17, 15) is 8.42 Å². The number of benzene rings is 1. The number of aryl methyl sites for hydroxylation is 3. The Labute approximate surface area is 128 Å². The number of fused-ring (bicyclic) bond motifs is 1. The summed E-state index contributed by atoms with van der Waals surface area (Å²) in [6, 6.07) is 5.75. The average Bonchev–Trinajstić information content (AvgIpc) is 2.78. The second kappa shape index (κ2) is 5.38. The van der Waals surface area contributed by atoms with Gasteiger partial charge in [-0.2, -0.15) is 5.10 Å². The highest BCUT2D eigenvalue weighted by Gasteiger charge is 2.22. The van der Waals surface area contributed by atoms with Crippen molar-refractivity contribution in [2.24, 2.45) is 0 Å². The molecule has 0 bridgehead atoms. The molecule has 0 saturated heterocycles. The summed E-state index contributed by atoms with van der Waals surface area (Å²) in [6.07, 6.45) is 2.13. The highest BCUT2D eigenvalue weighted by Crippen LogP contribution is 2.32. The normalized spacial score (nSPS) is 14.8. The third kappa shape index (κ3) is 2.80. The molecule has 0 spiro atoms. The van der Waals surface area contributed by atoms with Crippen LogP contribution in [0.3, 0.4) is 0 Å². The lowest BCUT2D eigenvalue weighted by Crippen LogP contribution is -2.15. The van der Waals surface area contributed by atoms with Crippen molar-refractivity contribution in [2.75, 3.05) is 10.5 Å². The van der Waals surface area contributed by atoms with Gasteiger partial charge in [-0.1, -0.05) is 0 Å². The molecule has 0 radical (unpaired) electrons. The molecular formula is C14H17N3O2S2. The second-order valence-corrected chi connectivity index (χ2v) is 7.90. The number of aromatic amines is 1. The van der Waals surface area contributed by atoms with E-state index in [-0.39, 0.29) is 4.90 Å². The molecular weight excluding hydrogens is 306 g/mol. The topological polar surface area (TPSA) is 74.8 Å². The van der Waals surface area contributed by atoms with E-state index < -0.39 is 10.0 Å². The maximum atomic E-state index is 12.5. The quantitative estimate of drug-likeness (QED) is 0.911. The summed E-state index contributed by atoms with van der Waals surface area (Å²) < 4.78 is 27.6. The van der Waals surface area contributed by atoms with E-state index in [1.165, 1.54) is 10.5 Å². The highest BCUT2D eigenvalue weighted by atomic mass is 32.2. The summed E-state index contributed by atoms with van der Waals surface area (Å²) >= 11 is 1.83. The minimum absolute atomic E-state index is 0.231. The SMILES string of the molecule is Cc1n[nH]c(C)c1S(=O)(=O)Nc1ccc2c(c1)CCCS2. The molecule has 3 rings (SSSR count). The maximum Gasteiger partial charge on any atom is 0.265 e. The minimum Gasteiger partial charge on any atom is -0.281 e. The van der Waals surface area contributed by atoms with Gasteiger partial charge in [-0.15, -0.1) is 11.8 Å². The van der Waals surface area contributed by atoms with Crippen LogP contribution in [0, 0.1) is 13.8 Å². The Kier molecular flexibility index (Phi) is 3.71. The lowest BCUT2D eigenvalue weighted by molar-refractivity contribution is 0.600. The van der Waals surface area contributed by atoms with Gasteiger partial charge in [-0.25, -0.2) is 8.42 Å². The van der Waals surface area contributed by atoms with E-state index in [4.69, 9.17) is 0 Å². The minimum atomic E-state index is -3.61. The molecule has 1 aliphatic heterocycles. The van der Waals surface area contributed by atoms with Crippen LogP contribution < -0.4 is 4.72 Å². The molecule has 1 aromatic heterocycles. The molecule has 0 saturated carbocycles. The van der Waals surface area contributed by atoms with Gasteiger partial charge in [-0.05, 0) is 56.2 Å². The van der Waals surface area contributed by atoms with Crippen LogP contribution in [-0.4, -0.2) is 24.4 Å². The molecule has 21 heavy (non-hydrogen) atoms. The first kappa shape index (κ1) is 14.5. The fraction of sp³-hybridized carbons (Fsp3) is 0.357. The Morgan fingerprint density at radius 2 is 2.14 bits per heavy atom. The summed E-state index contributed by atoms with van der Waals surface area (Å²) in [5.74, 6) is 1.13. The highest BCUT2D eigenvalue weighted by molar-refractivity contribution is 7.99. The average molecular weight is 323 g/mol. The van der Waals surface area contributed by atoms with E-state index >= 15 is 0 Å². The van der Waals surface area contributed by atoms with Crippen molar-refractivity contribution in [3.8, 4) is 0 Å². The number of rotatable bonds is 3. The van der Waals surface area contributed by atoms with Gasteiger partial charge in [0.05, 0.1) is 11.4 Å². The van der Waals surface area contributed by atoms with Gasteiger partial charge in [-0.3, -0.25) is 9.82 Å². The standard InChI is InChI=1S/C14H17N3O2S2/c1-9-14(10(2)16-15-9)21(18,19)17-12-5-6-13-11(8-12)4-3-7-20-13/h5-6,8,17H,3-4,7H2,1-2H3,(H,15,16). The molecule has 7 heteroatoms. The van der Waals surface area contributed by atoms with Crippen LogP contribution in [0.15, 0.2) is 28.0 Å². The molecule has 1 aromatic carbocycles. The second-order valence-electron chi connectivity index (χ2n) is 5.14. The molecule has 0 atom stereocenters. The van der Waals surface area contributed by atoms with Crippen molar-refractivity contribution in [2.45, 2.75) is 36.5 Å². The number of H-pyrrole nitrogens is 1. The van der Waals surface area contributed by atoms with Crippen molar-refractivity contribution in [3.63, 3.8) is 0 Å². The van der Waals surface area contributed by atoms with E-state index in [0.717, 1.165) is 18.6 Å². The molecule has 5 nitrogen and oxygen atoms in total. The summed E-state index contributed by atoms with van der Waals surface area (Å²) in [4.78, 5) is 1.48. The molecule has 1 aliphatic rings. The Bertz CT molecular complexity index is 762. The Morgan fingerprint density at radius 3 is 2.86 bits per heavy atom. The first-order valence-electron chi connectivity index (χ1n) is 6.77. The predicted molar refractivity (Wildman–Crippen MR) is 84.4 cm³/mol. The molecule has 2 N–H and O–H groups in total. The summed E-state index contributed by atoms with van der Waals surface area (Å²) in [6.45, 7) is 3.39. The largest absolute Gasteiger partial charge is 0.281 e. The van der Waals surface area contributed by atoms with Gasteiger partial charge in [0.15, 0.2) is 0 Å². The van der Waals surface area contributed by atoms with Crippen LogP contribution >= 0.6 is 11.8 Å². The molecule has 0 fully saturated rings. The summed E-state index contributed by atoms with van der Waals surface area (Å²) in [7, 11) is -3.61. The summed E-state index contributed by atoms with van der Waals surface area (Å²) in [5, 5.41) is 6.65. The third-order valence-corrected chi connectivity index (χ3v) is 6.34. The zero-order chi connectivity index (χ0) is 15.0. The van der Waals surface area contributed by atoms with Crippen LogP contribution in [0.1, 0.15) is 23.4 Å².